The van der Waals surface area contributed by atoms with Gasteiger partial charge in [-0.25, -0.2) is 4.98 Å². The van der Waals surface area contributed by atoms with Crippen LogP contribution < -0.4 is 10.2 Å². The number of aryl methyl sites for hydroxylation is 1. The van der Waals surface area contributed by atoms with E-state index in [0.29, 0.717) is 5.13 Å². The fourth-order valence-electron chi connectivity index (χ4n) is 2.56. The first-order valence-electron chi connectivity index (χ1n) is 7.32. The van der Waals surface area contributed by atoms with Crippen LogP contribution in [0, 0.1) is 28.8 Å². The Morgan fingerprint density at radius 2 is 2.28 bits per heavy atom. The van der Waals surface area contributed by atoms with Crippen LogP contribution in [-0.2, 0) is 9.59 Å². The maximum absolute atomic E-state index is 13.4. The van der Waals surface area contributed by atoms with E-state index in [-0.39, 0.29) is 30.5 Å². The van der Waals surface area contributed by atoms with Gasteiger partial charge in [0.05, 0.1) is 22.2 Å². The molecule has 1 saturated heterocycles. The number of nitrogens with one attached hydrogen (secondary N) is 1. The lowest BCUT2D eigenvalue weighted by atomic mass is 10.1. The zero-order chi connectivity index (χ0) is 18.1. The molecule has 0 spiro atoms. The third kappa shape index (κ3) is 3.48. The van der Waals surface area contributed by atoms with Crippen LogP contribution in [0.15, 0.2) is 23.6 Å². The number of nitrogens with zero attached hydrogens (tertiary/aromatic N) is 3. The average Bonchev–Trinajstić information content (AvgIpc) is 3.13. The molecule has 1 N–H and O–H groups in total. The van der Waals surface area contributed by atoms with Crippen LogP contribution in [0.2, 0.25) is 0 Å². The summed E-state index contributed by atoms with van der Waals surface area (Å²) in [4.78, 5) is 39.8. The number of nitro groups is 1. The summed E-state index contributed by atoms with van der Waals surface area (Å²) in [5.74, 6) is -2.28. The number of carbonyl (C=O) groups is 2. The summed E-state index contributed by atoms with van der Waals surface area (Å²) in [5, 5.41) is 15.7. The van der Waals surface area contributed by atoms with E-state index in [4.69, 9.17) is 0 Å². The van der Waals surface area contributed by atoms with Gasteiger partial charge in [-0.05, 0) is 19.1 Å². The first-order chi connectivity index (χ1) is 11.8. The van der Waals surface area contributed by atoms with Gasteiger partial charge in [-0.2, -0.15) is 4.39 Å². The number of anilines is 2. The number of halogens is 1. The Bertz CT molecular complexity index is 869. The van der Waals surface area contributed by atoms with Crippen molar-refractivity contribution in [3.63, 3.8) is 0 Å². The van der Waals surface area contributed by atoms with Gasteiger partial charge in [0.2, 0.25) is 17.6 Å². The normalized spacial score (nSPS) is 17.0. The number of carbonyl (C=O) groups excluding carboxylic acids is 2. The summed E-state index contributed by atoms with van der Waals surface area (Å²) in [6.07, 6.45) is -0.0264. The van der Waals surface area contributed by atoms with Crippen LogP contribution in [-0.4, -0.2) is 28.3 Å². The molecular formula is C15H13FN4O4S. The fraction of sp³-hybridized carbons (Fsp3) is 0.267. The number of aromatic nitrogens is 1. The lowest BCUT2D eigenvalue weighted by Crippen LogP contribution is -2.28. The average molecular weight is 364 g/mol. The van der Waals surface area contributed by atoms with Crippen LogP contribution in [0.3, 0.4) is 0 Å². The maximum atomic E-state index is 13.4. The molecule has 2 aromatic rings. The molecule has 3 rings (SSSR count). The summed E-state index contributed by atoms with van der Waals surface area (Å²) in [6, 6.07) is 3.22. The number of benzene rings is 1. The molecule has 1 aromatic heterocycles. The highest BCUT2D eigenvalue weighted by Crippen LogP contribution is 2.30. The molecule has 0 bridgehead atoms. The zero-order valence-corrected chi connectivity index (χ0v) is 13.9. The molecule has 2 amide bonds. The molecule has 1 aromatic carbocycles. The second kappa shape index (κ2) is 6.55. The van der Waals surface area contributed by atoms with Gasteiger partial charge in [-0.1, -0.05) is 0 Å². The number of hydrogen-bond donors (Lipinski definition) is 1. The van der Waals surface area contributed by atoms with Gasteiger partial charge < -0.3 is 10.2 Å². The minimum Gasteiger partial charge on any atom is -0.311 e. The largest absolute Gasteiger partial charge is 0.311 e. The lowest BCUT2D eigenvalue weighted by Gasteiger charge is -2.16. The highest BCUT2D eigenvalue weighted by Gasteiger charge is 2.36. The third-order valence-electron chi connectivity index (χ3n) is 3.78. The lowest BCUT2D eigenvalue weighted by molar-refractivity contribution is -0.387. The highest BCUT2D eigenvalue weighted by molar-refractivity contribution is 7.13. The van der Waals surface area contributed by atoms with E-state index in [0.717, 1.165) is 17.8 Å². The molecule has 1 aliphatic rings. The van der Waals surface area contributed by atoms with Crippen molar-refractivity contribution in [2.75, 3.05) is 16.8 Å². The van der Waals surface area contributed by atoms with Crippen LogP contribution in [0.5, 0.6) is 0 Å². The molecule has 25 heavy (non-hydrogen) atoms. The Morgan fingerprint density at radius 3 is 2.92 bits per heavy atom. The van der Waals surface area contributed by atoms with E-state index in [1.54, 1.807) is 12.3 Å². The number of hydrogen-bond acceptors (Lipinski definition) is 6. The van der Waals surface area contributed by atoms with Crippen LogP contribution in [0.25, 0.3) is 0 Å². The van der Waals surface area contributed by atoms with E-state index in [2.05, 4.69) is 10.3 Å². The van der Waals surface area contributed by atoms with Crippen molar-refractivity contribution in [2.45, 2.75) is 13.3 Å². The Kier molecular flexibility index (Phi) is 4.45. The topological polar surface area (TPSA) is 105 Å². The predicted molar refractivity (Wildman–Crippen MR) is 89.0 cm³/mol. The zero-order valence-electron chi connectivity index (χ0n) is 13.1. The molecule has 1 unspecified atom stereocenters. The Balaban J connectivity index is 1.75. The summed E-state index contributed by atoms with van der Waals surface area (Å²) >= 11 is 1.28. The van der Waals surface area contributed by atoms with Crippen molar-refractivity contribution < 1.29 is 18.9 Å². The van der Waals surface area contributed by atoms with Gasteiger partial charge in [-0.15, -0.1) is 11.3 Å². The van der Waals surface area contributed by atoms with E-state index in [1.165, 1.54) is 22.3 Å². The van der Waals surface area contributed by atoms with E-state index in [1.807, 2.05) is 0 Å². The molecule has 130 valence electrons. The van der Waals surface area contributed by atoms with E-state index >= 15 is 0 Å². The molecule has 2 heterocycles. The molecule has 1 fully saturated rings. The maximum Gasteiger partial charge on any atom is 0.306 e. The van der Waals surface area contributed by atoms with Gasteiger partial charge in [0.25, 0.3) is 0 Å². The summed E-state index contributed by atoms with van der Waals surface area (Å²) < 4.78 is 13.4. The second-order valence-corrected chi connectivity index (χ2v) is 6.44. The molecule has 10 heteroatoms. The standard InChI is InChI=1S/C15H13FN4O4S/c1-8-7-25-15(17-8)18-14(22)9-4-13(21)19(6-9)10-2-3-11(16)12(5-10)20(23)24/h2-3,5,7,9H,4,6H2,1H3,(H,17,18,22). The molecule has 0 aliphatic carbocycles. The number of rotatable bonds is 4. The van der Waals surface area contributed by atoms with Crippen molar-refractivity contribution in [3.8, 4) is 0 Å². The quantitative estimate of drug-likeness (QED) is 0.663. The summed E-state index contributed by atoms with van der Waals surface area (Å²) in [7, 11) is 0. The first-order valence-corrected chi connectivity index (χ1v) is 8.20. The van der Waals surface area contributed by atoms with Crippen molar-refractivity contribution in [1.82, 2.24) is 4.98 Å². The molecule has 8 nitrogen and oxygen atoms in total. The van der Waals surface area contributed by atoms with Gasteiger partial charge in [0.1, 0.15) is 0 Å². The monoisotopic (exact) mass is 364 g/mol. The van der Waals surface area contributed by atoms with Gasteiger partial charge >= 0.3 is 5.69 Å². The number of thiazole rings is 1. The van der Waals surface area contributed by atoms with Gasteiger partial charge in [0.15, 0.2) is 5.13 Å². The number of amides is 2. The van der Waals surface area contributed by atoms with Crippen molar-refractivity contribution in [1.29, 1.82) is 0 Å². The second-order valence-electron chi connectivity index (χ2n) is 5.58. The predicted octanol–water partition coefficient (Wildman–Crippen LogP) is 2.49. The fourth-order valence-corrected chi connectivity index (χ4v) is 3.25. The Hall–Kier alpha value is -2.88. The van der Waals surface area contributed by atoms with Crippen LogP contribution in [0.4, 0.5) is 20.9 Å². The number of nitro benzene ring substituents is 1. The minimum atomic E-state index is -0.978. The molecule has 1 atom stereocenters. The first kappa shape index (κ1) is 17.0. The van der Waals surface area contributed by atoms with Gasteiger partial charge in [-0.3, -0.25) is 19.7 Å². The molecular weight excluding hydrogens is 351 g/mol. The van der Waals surface area contributed by atoms with Crippen molar-refractivity contribution >= 4 is 39.7 Å². The highest BCUT2D eigenvalue weighted by atomic mass is 32.1. The van der Waals surface area contributed by atoms with Crippen LogP contribution in [0.1, 0.15) is 12.1 Å². The van der Waals surface area contributed by atoms with Crippen molar-refractivity contribution in [2.24, 2.45) is 5.92 Å². The summed E-state index contributed by atoms with van der Waals surface area (Å²) in [6.45, 7) is 1.87. The Labute approximate surface area is 145 Å². The van der Waals surface area contributed by atoms with Crippen LogP contribution >= 0.6 is 11.3 Å². The minimum absolute atomic E-state index is 0.0264. The van der Waals surface area contributed by atoms with E-state index in [9.17, 15) is 24.1 Å². The van der Waals surface area contributed by atoms with Crippen molar-refractivity contribution in [3.05, 3.63) is 45.2 Å². The summed E-state index contributed by atoms with van der Waals surface area (Å²) in [5.41, 5.74) is 0.262. The van der Waals surface area contributed by atoms with E-state index < -0.39 is 22.3 Å². The Morgan fingerprint density at radius 1 is 1.52 bits per heavy atom. The molecule has 0 radical (unpaired) electrons. The smallest absolute Gasteiger partial charge is 0.306 e. The third-order valence-corrected chi connectivity index (χ3v) is 4.66. The van der Waals surface area contributed by atoms with Gasteiger partial charge in [0, 0.05) is 24.4 Å². The molecule has 0 saturated carbocycles. The SMILES string of the molecule is Cc1csc(NC(=O)C2CC(=O)N(c3ccc(F)c([N+](=O)[O-])c3)C2)n1. The molecule has 1 aliphatic heterocycles.